The maximum absolute atomic E-state index is 12.2. The highest BCUT2D eigenvalue weighted by Gasteiger charge is 2.19. The van der Waals surface area contributed by atoms with Gasteiger partial charge in [-0.1, -0.05) is 44.2 Å². The van der Waals surface area contributed by atoms with Gasteiger partial charge in [0.15, 0.2) is 0 Å². The Morgan fingerprint density at radius 3 is 2.42 bits per heavy atom. The average molecular weight is 359 g/mol. The standard InChI is InChI=1S/C20H29N3O3/c1-14(2)22-18(24)16-10-6-7-11-17(16)23-20(26)19(25)21-13-12-15-8-4-3-5-9-15/h6-7,10-11,14-15H,3-5,8-9,12-13H2,1-2H3,(H,21,25)(H,22,24)(H,23,26). The van der Waals surface area contributed by atoms with Gasteiger partial charge in [-0.2, -0.15) is 0 Å². The van der Waals surface area contributed by atoms with Gasteiger partial charge in [-0.15, -0.1) is 0 Å². The Morgan fingerprint density at radius 1 is 1.04 bits per heavy atom. The molecule has 1 aromatic carbocycles. The van der Waals surface area contributed by atoms with Crippen LogP contribution in [-0.2, 0) is 9.59 Å². The third-order valence-electron chi connectivity index (χ3n) is 4.61. The summed E-state index contributed by atoms with van der Waals surface area (Å²) in [4.78, 5) is 36.4. The first-order valence-corrected chi connectivity index (χ1v) is 9.46. The first kappa shape index (κ1) is 19.9. The molecule has 0 aliphatic heterocycles. The molecule has 2 rings (SSSR count). The molecular weight excluding hydrogens is 330 g/mol. The van der Waals surface area contributed by atoms with Crippen LogP contribution < -0.4 is 16.0 Å². The number of para-hydroxylation sites is 1. The molecule has 6 nitrogen and oxygen atoms in total. The van der Waals surface area contributed by atoms with Crippen LogP contribution in [0.1, 0.15) is 62.7 Å². The van der Waals surface area contributed by atoms with Gasteiger partial charge in [0.05, 0.1) is 11.3 Å². The number of anilines is 1. The Hall–Kier alpha value is -2.37. The second-order valence-corrected chi connectivity index (χ2v) is 7.18. The molecule has 3 amide bonds. The molecular formula is C20H29N3O3. The Balaban J connectivity index is 1.86. The summed E-state index contributed by atoms with van der Waals surface area (Å²) < 4.78 is 0. The van der Waals surface area contributed by atoms with Crippen molar-refractivity contribution in [3.05, 3.63) is 29.8 Å². The van der Waals surface area contributed by atoms with Crippen LogP contribution in [0.4, 0.5) is 5.69 Å². The summed E-state index contributed by atoms with van der Waals surface area (Å²) in [5.41, 5.74) is 0.669. The van der Waals surface area contributed by atoms with E-state index in [-0.39, 0.29) is 11.9 Å². The summed E-state index contributed by atoms with van der Waals surface area (Å²) in [6, 6.07) is 6.64. The smallest absolute Gasteiger partial charge is 0.313 e. The summed E-state index contributed by atoms with van der Waals surface area (Å²) >= 11 is 0. The number of rotatable bonds is 6. The van der Waals surface area contributed by atoms with Gasteiger partial charge in [-0.25, -0.2) is 0 Å². The first-order valence-electron chi connectivity index (χ1n) is 9.46. The molecule has 6 heteroatoms. The zero-order valence-corrected chi connectivity index (χ0v) is 15.6. The number of nitrogens with one attached hydrogen (secondary N) is 3. The normalized spacial score (nSPS) is 14.7. The van der Waals surface area contributed by atoms with E-state index in [1.807, 2.05) is 13.8 Å². The second-order valence-electron chi connectivity index (χ2n) is 7.18. The molecule has 142 valence electrons. The lowest BCUT2D eigenvalue weighted by molar-refractivity contribution is -0.136. The van der Waals surface area contributed by atoms with E-state index in [9.17, 15) is 14.4 Å². The predicted octanol–water partition coefficient (Wildman–Crippen LogP) is 2.85. The van der Waals surface area contributed by atoms with E-state index >= 15 is 0 Å². The first-order chi connectivity index (χ1) is 12.5. The summed E-state index contributed by atoms with van der Waals surface area (Å²) in [6.45, 7) is 4.23. The van der Waals surface area contributed by atoms with E-state index in [2.05, 4.69) is 16.0 Å². The lowest BCUT2D eigenvalue weighted by Crippen LogP contribution is -2.37. The van der Waals surface area contributed by atoms with Crippen molar-refractivity contribution in [2.75, 3.05) is 11.9 Å². The molecule has 1 aromatic rings. The van der Waals surface area contributed by atoms with Gasteiger partial charge >= 0.3 is 11.8 Å². The molecule has 0 saturated heterocycles. The number of carbonyl (C=O) groups is 3. The fourth-order valence-corrected chi connectivity index (χ4v) is 3.26. The SMILES string of the molecule is CC(C)NC(=O)c1ccccc1NC(=O)C(=O)NCCC1CCCCC1. The minimum atomic E-state index is -0.751. The molecule has 0 aromatic heterocycles. The van der Waals surface area contributed by atoms with Crippen molar-refractivity contribution in [1.29, 1.82) is 0 Å². The quantitative estimate of drug-likeness (QED) is 0.683. The van der Waals surface area contributed by atoms with Gasteiger partial charge in [0.1, 0.15) is 0 Å². The maximum atomic E-state index is 12.2. The lowest BCUT2D eigenvalue weighted by atomic mass is 9.87. The fourth-order valence-electron chi connectivity index (χ4n) is 3.26. The second kappa shape index (κ2) is 9.94. The Kier molecular flexibility index (Phi) is 7.63. The number of benzene rings is 1. The van der Waals surface area contributed by atoms with Crippen molar-refractivity contribution in [2.24, 2.45) is 5.92 Å². The monoisotopic (exact) mass is 359 g/mol. The third kappa shape index (κ3) is 6.17. The van der Waals surface area contributed by atoms with E-state index in [1.165, 1.54) is 32.1 Å². The van der Waals surface area contributed by atoms with E-state index in [4.69, 9.17) is 0 Å². The zero-order chi connectivity index (χ0) is 18.9. The van der Waals surface area contributed by atoms with Crippen molar-refractivity contribution < 1.29 is 14.4 Å². The minimum absolute atomic E-state index is 0.0191. The van der Waals surface area contributed by atoms with E-state index in [1.54, 1.807) is 24.3 Å². The van der Waals surface area contributed by atoms with E-state index in [0.717, 1.165) is 6.42 Å². The van der Waals surface area contributed by atoms with Crippen LogP contribution in [0.15, 0.2) is 24.3 Å². The van der Waals surface area contributed by atoms with Gasteiger partial charge in [0.2, 0.25) is 0 Å². The van der Waals surface area contributed by atoms with E-state index in [0.29, 0.717) is 23.7 Å². The molecule has 0 bridgehead atoms. The van der Waals surface area contributed by atoms with Crippen molar-refractivity contribution >= 4 is 23.4 Å². The van der Waals surface area contributed by atoms with Crippen LogP contribution >= 0.6 is 0 Å². The predicted molar refractivity (Wildman–Crippen MR) is 102 cm³/mol. The van der Waals surface area contributed by atoms with Crippen LogP contribution in [0.2, 0.25) is 0 Å². The average Bonchev–Trinajstić information content (AvgIpc) is 2.62. The Bertz CT molecular complexity index is 637. The summed E-state index contributed by atoms with van der Waals surface area (Å²) in [5, 5.41) is 8.00. The minimum Gasteiger partial charge on any atom is -0.350 e. The molecule has 1 saturated carbocycles. The summed E-state index contributed by atoms with van der Waals surface area (Å²) in [6.07, 6.45) is 7.14. The zero-order valence-electron chi connectivity index (χ0n) is 15.6. The molecule has 1 fully saturated rings. The fraction of sp³-hybridized carbons (Fsp3) is 0.550. The number of hydrogen-bond donors (Lipinski definition) is 3. The molecule has 1 aliphatic rings. The molecule has 0 atom stereocenters. The number of hydrogen-bond acceptors (Lipinski definition) is 3. The van der Waals surface area contributed by atoms with Gasteiger partial charge in [0, 0.05) is 12.6 Å². The number of amides is 3. The van der Waals surface area contributed by atoms with Crippen LogP contribution in [0.3, 0.4) is 0 Å². The maximum Gasteiger partial charge on any atom is 0.313 e. The van der Waals surface area contributed by atoms with Crippen molar-refractivity contribution in [1.82, 2.24) is 10.6 Å². The highest BCUT2D eigenvalue weighted by atomic mass is 16.2. The van der Waals surface area contributed by atoms with Gasteiger partial charge < -0.3 is 16.0 Å². The Labute approximate surface area is 155 Å². The van der Waals surface area contributed by atoms with Crippen molar-refractivity contribution in [3.63, 3.8) is 0 Å². The van der Waals surface area contributed by atoms with Crippen molar-refractivity contribution in [3.8, 4) is 0 Å². The van der Waals surface area contributed by atoms with Gasteiger partial charge in [0.25, 0.3) is 5.91 Å². The van der Waals surface area contributed by atoms with Crippen molar-refractivity contribution in [2.45, 2.75) is 58.4 Å². The van der Waals surface area contributed by atoms with Crippen LogP contribution in [0.5, 0.6) is 0 Å². The Morgan fingerprint density at radius 2 is 1.73 bits per heavy atom. The number of carbonyl (C=O) groups excluding carboxylic acids is 3. The summed E-state index contributed by atoms with van der Waals surface area (Å²) in [7, 11) is 0. The lowest BCUT2D eigenvalue weighted by Gasteiger charge is -2.21. The highest BCUT2D eigenvalue weighted by molar-refractivity contribution is 6.40. The molecule has 0 spiro atoms. The molecule has 0 radical (unpaired) electrons. The van der Waals surface area contributed by atoms with Gasteiger partial charge in [-0.05, 0) is 38.3 Å². The van der Waals surface area contributed by atoms with Crippen LogP contribution in [0.25, 0.3) is 0 Å². The highest BCUT2D eigenvalue weighted by Crippen LogP contribution is 2.25. The van der Waals surface area contributed by atoms with E-state index < -0.39 is 11.8 Å². The van der Waals surface area contributed by atoms with Crippen LogP contribution in [0, 0.1) is 5.92 Å². The molecule has 1 aliphatic carbocycles. The van der Waals surface area contributed by atoms with Gasteiger partial charge in [-0.3, -0.25) is 14.4 Å². The topological polar surface area (TPSA) is 87.3 Å². The summed E-state index contributed by atoms with van der Waals surface area (Å²) in [5.74, 6) is -1.06. The largest absolute Gasteiger partial charge is 0.350 e. The molecule has 3 N–H and O–H groups in total. The molecule has 0 unspecified atom stereocenters. The third-order valence-corrected chi connectivity index (χ3v) is 4.61. The molecule has 26 heavy (non-hydrogen) atoms. The van der Waals surface area contributed by atoms with Crippen LogP contribution in [-0.4, -0.2) is 30.3 Å². The molecule has 0 heterocycles.